The van der Waals surface area contributed by atoms with Crippen molar-refractivity contribution in [2.75, 3.05) is 10.9 Å². The highest BCUT2D eigenvalue weighted by Crippen LogP contribution is 2.26. The molecule has 0 spiro atoms. The van der Waals surface area contributed by atoms with Gasteiger partial charge >= 0.3 is 0 Å². The van der Waals surface area contributed by atoms with E-state index >= 15 is 0 Å². The van der Waals surface area contributed by atoms with Gasteiger partial charge in [0.1, 0.15) is 0 Å². The molecule has 6 heteroatoms. The Bertz CT molecular complexity index is 1130. The molecule has 1 heterocycles. The minimum Gasteiger partial charge on any atom is -0.259 e. The topological polar surface area (TPSA) is 74.6 Å². The van der Waals surface area contributed by atoms with Crippen molar-refractivity contribution in [2.24, 2.45) is 10.2 Å². The van der Waals surface area contributed by atoms with Gasteiger partial charge in [-0.1, -0.05) is 72.8 Å². The Morgan fingerprint density at radius 2 is 1.00 bits per heavy atom. The second-order valence-electron chi connectivity index (χ2n) is 6.90. The first-order valence-electron chi connectivity index (χ1n) is 9.67. The van der Waals surface area contributed by atoms with Crippen molar-refractivity contribution < 1.29 is 0 Å². The van der Waals surface area contributed by atoms with Gasteiger partial charge in [-0.25, -0.2) is 0 Å². The molecule has 148 valence electrons. The Morgan fingerprint density at radius 1 is 0.600 bits per heavy atom. The third kappa shape index (κ3) is 4.33. The summed E-state index contributed by atoms with van der Waals surface area (Å²) >= 11 is 0. The molecular formula is C24H22N6. The Hall–Kier alpha value is -4.06. The van der Waals surface area contributed by atoms with Crippen LogP contribution in [0.4, 0.5) is 11.6 Å². The molecule has 4 aromatic rings. The second kappa shape index (κ2) is 8.96. The largest absolute Gasteiger partial charge is 0.259 e. The fraction of sp³-hybridized carbons (Fsp3) is 0.0833. The van der Waals surface area contributed by atoms with Crippen LogP contribution in [0.1, 0.15) is 22.3 Å². The lowest BCUT2D eigenvalue weighted by Crippen LogP contribution is -2.02. The smallest absolute Gasteiger partial charge is 0.176 e. The molecule has 6 nitrogen and oxygen atoms in total. The van der Waals surface area contributed by atoms with E-state index in [0.717, 1.165) is 33.0 Å². The van der Waals surface area contributed by atoms with Gasteiger partial charge in [0.25, 0.3) is 0 Å². The van der Waals surface area contributed by atoms with Crippen molar-refractivity contribution in [3.8, 4) is 0 Å². The van der Waals surface area contributed by atoms with E-state index in [1.807, 2.05) is 60.7 Å². The average molecular weight is 394 g/mol. The Kier molecular flexibility index (Phi) is 5.75. The summed E-state index contributed by atoms with van der Waals surface area (Å²) in [4.78, 5) is 0. The lowest BCUT2D eigenvalue weighted by molar-refractivity contribution is 1.03. The first-order chi connectivity index (χ1) is 14.7. The van der Waals surface area contributed by atoms with E-state index in [9.17, 15) is 0 Å². The van der Waals surface area contributed by atoms with Crippen LogP contribution in [0, 0.1) is 13.8 Å². The summed E-state index contributed by atoms with van der Waals surface area (Å²) in [5.41, 5.74) is 10.4. The van der Waals surface area contributed by atoms with Gasteiger partial charge in [-0.15, -0.1) is 10.2 Å². The van der Waals surface area contributed by atoms with E-state index in [1.165, 1.54) is 0 Å². The summed E-state index contributed by atoms with van der Waals surface area (Å²) in [5.74, 6) is 1.17. The van der Waals surface area contributed by atoms with E-state index in [0.29, 0.717) is 11.6 Å². The summed E-state index contributed by atoms with van der Waals surface area (Å²) in [5, 5.41) is 19.1. The van der Waals surface area contributed by atoms with Gasteiger partial charge in [0, 0.05) is 10.8 Å². The molecule has 0 aliphatic heterocycles. The van der Waals surface area contributed by atoms with E-state index < -0.39 is 0 Å². The van der Waals surface area contributed by atoms with Crippen molar-refractivity contribution in [3.05, 3.63) is 95.1 Å². The average Bonchev–Trinajstić information content (AvgIpc) is 2.77. The molecule has 0 unspecified atom stereocenters. The Balaban J connectivity index is 1.56. The third-order valence-corrected chi connectivity index (χ3v) is 4.81. The fourth-order valence-electron chi connectivity index (χ4n) is 3.06. The highest BCUT2D eigenvalue weighted by Gasteiger charge is 2.08. The molecule has 0 radical (unpaired) electrons. The molecule has 4 rings (SSSR count). The highest BCUT2D eigenvalue weighted by atomic mass is 15.4. The molecular weight excluding hydrogens is 372 g/mol. The number of hydrazone groups is 2. The monoisotopic (exact) mass is 394 g/mol. The Morgan fingerprint density at radius 3 is 1.43 bits per heavy atom. The molecule has 2 N–H and O–H groups in total. The SMILES string of the molecule is Cc1ccccc1C=NNc1nnc(NN=Cc2ccccc2C)c2ccccc12. The van der Waals surface area contributed by atoms with E-state index in [-0.39, 0.29) is 0 Å². The minimum absolute atomic E-state index is 0.587. The van der Waals surface area contributed by atoms with Crippen LogP contribution in [0.15, 0.2) is 83.0 Å². The van der Waals surface area contributed by atoms with Crippen LogP contribution in [0.3, 0.4) is 0 Å². The van der Waals surface area contributed by atoms with Crippen LogP contribution >= 0.6 is 0 Å². The van der Waals surface area contributed by atoms with Gasteiger partial charge in [-0.3, -0.25) is 10.9 Å². The molecule has 0 fully saturated rings. The number of rotatable bonds is 6. The minimum atomic E-state index is 0.587. The molecule has 0 atom stereocenters. The zero-order chi connectivity index (χ0) is 20.8. The fourth-order valence-corrected chi connectivity index (χ4v) is 3.06. The molecule has 30 heavy (non-hydrogen) atoms. The first-order valence-corrected chi connectivity index (χ1v) is 9.67. The van der Waals surface area contributed by atoms with Crippen LogP contribution in [-0.4, -0.2) is 22.6 Å². The van der Waals surface area contributed by atoms with Gasteiger partial charge in [0.2, 0.25) is 0 Å². The molecule has 3 aromatic carbocycles. The van der Waals surface area contributed by atoms with Crippen molar-refractivity contribution >= 4 is 34.8 Å². The number of nitrogens with one attached hydrogen (secondary N) is 2. The van der Waals surface area contributed by atoms with E-state index in [2.05, 4.69) is 57.2 Å². The molecule has 0 bridgehead atoms. The Labute approximate surface area is 175 Å². The second-order valence-corrected chi connectivity index (χ2v) is 6.90. The molecule has 0 saturated heterocycles. The van der Waals surface area contributed by atoms with Crippen LogP contribution in [0.25, 0.3) is 10.8 Å². The molecule has 0 saturated carbocycles. The summed E-state index contributed by atoms with van der Waals surface area (Å²) < 4.78 is 0. The van der Waals surface area contributed by atoms with Crippen LogP contribution in [0.5, 0.6) is 0 Å². The predicted octanol–water partition coefficient (Wildman–Crippen LogP) is 5.14. The predicted molar refractivity (Wildman–Crippen MR) is 124 cm³/mol. The zero-order valence-corrected chi connectivity index (χ0v) is 16.9. The quantitative estimate of drug-likeness (QED) is 0.351. The number of anilines is 2. The molecule has 0 amide bonds. The highest BCUT2D eigenvalue weighted by molar-refractivity contribution is 5.98. The lowest BCUT2D eigenvalue weighted by Gasteiger charge is -2.08. The third-order valence-electron chi connectivity index (χ3n) is 4.81. The van der Waals surface area contributed by atoms with E-state index in [4.69, 9.17) is 0 Å². The van der Waals surface area contributed by atoms with Crippen LogP contribution in [0.2, 0.25) is 0 Å². The van der Waals surface area contributed by atoms with Gasteiger partial charge in [0.15, 0.2) is 11.6 Å². The van der Waals surface area contributed by atoms with Crippen molar-refractivity contribution in [1.29, 1.82) is 0 Å². The molecule has 0 aliphatic carbocycles. The van der Waals surface area contributed by atoms with Gasteiger partial charge in [0.05, 0.1) is 12.4 Å². The maximum atomic E-state index is 4.34. The zero-order valence-electron chi connectivity index (χ0n) is 16.9. The number of aryl methyl sites for hydroxylation is 2. The number of fused-ring (bicyclic) bond motifs is 1. The first kappa shape index (κ1) is 19.3. The van der Waals surface area contributed by atoms with Crippen molar-refractivity contribution in [1.82, 2.24) is 10.2 Å². The van der Waals surface area contributed by atoms with Crippen LogP contribution < -0.4 is 10.9 Å². The lowest BCUT2D eigenvalue weighted by atomic mass is 10.1. The summed E-state index contributed by atoms with van der Waals surface area (Å²) in [6, 6.07) is 24.0. The molecule has 1 aromatic heterocycles. The number of nitrogens with zero attached hydrogens (tertiary/aromatic N) is 4. The maximum absolute atomic E-state index is 4.34. The number of hydrogen-bond donors (Lipinski definition) is 2. The normalized spacial score (nSPS) is 11.4. The number of hydrogen-bond acceptors (Lipinski definition) is 6. The van der Waals surface area contributed by atoms with E-state index in [1.54, 1.807) is 12.4 Å². The summed E-state index contributed by atoms with van der Waals surface area (Å²) in [7, 11) is 0. The van der Waals surface area contributed by atoms with Crippen molar-refractivity contribution in [3.63, 3.8) is 0 Å². The van der Waals surface area contributed by atoms with Gasteiger partial charge in [-0.05, 0) is 36.1 Å². The number of benzene rings is 3. The van der Waals surface area contributed by atoms with Gasteiger partial charge < -0.3 is 0 Å². The summed E-state index contributed by atoms with van der Waals surface area (Å²) in [6.07, 6.45) is 3.56. The maximum Gasteiger partial charge on any atom is 0.176 e. The van der Waals surface area contributed by atoms with Crippen molar-refractivity contribution in [2.45, 2.75) is 13.8 Å². The molecule has 0 aliphatic rings. The number of aromatic nitrogens is 2. The summed E-state index contributed by atoms with van der Waals surface area (Å²) in [6.45, 7) is 4.10. The van der Waals surface area contributed by atoms with Crippen LogP contribution in [-0.2, 0) is 0 Å². The standard InChI is InChI=1S/C24H22N6/c1-17-9-3-5-11-19(17)15-25-27-23-21-13-7-8-14-22(21)24(30-29-23)28-26-16-20-12-6-4-10-18(20)2/h3-16H,1-2H3,(H,27,29)(H,28,30). The van der Waals surface area contributed by atoms with Gasteiger partial charge in [-0.2, -0.15) is 10.2 Å².